The van der Waals surface area contributed by atoms with Gasteiger partial charge in [0.15, 0.2) is 0 Å². The van der Waals surface area contributed by atoms with Crippen molar-refractivity contribution in [2.75, 3.05) is 0 Å². The van der Waals surface area contributed by atoms with E-state index in [1.54, 1.807) is 6.08 Å². The number of aromatic amines is 1. The third-order valence-electron chi connectivity index (χ3n) is 2.94. The van der Waals surface area contributed by atoms with Crippen molar-refractivity contribution in [2.24, 2.45) is 0 Å². The van der Waals surface area contributed by atoms with E-state index in [0.717, 1.165) is 22.8 Å². The SMILES string of the molecule is C=Cc1nc(-c2cc(C)ccc2C)[nH]c1/C=C\C. The van der Waals surface area contributed by atoms with E-state index in [-0.39, 0.29) is 0 Å². The summed E-state index contributed by atoms with van der Waals surface area (Å²) in [6.45, 7) is 9.98. The quantitative estimate of drug-likeness (QED) is 0.845. The van der Waals surface area contributed by atoms with E-state index in [1.807, 2.05) is 19.1 Å². The Kier molecular flexibility index (Phi) is 3.47. The van der Waals surface area contributed by atoms with Gasteiger partial charge in [-0.25, -0.2) is 4.98 Å². The van der Waals surface area contributed by atoms with Crippen LogP contribution in [0.3, 0.4) is 0 Å². The van der Waals surface area contributed by atoms with Gasteiger partial charge in [0.1, 0.15) is 5.82 Å². The zero-order valence-corrected chi connectivity index (χ0v) is 11.1. The molecule has 0 atom stereocenters. The number of nitrogens with zero attached hydrogens (tertiary/aromatic N) is 1. The van der Waals surface area contributed by atoms with Crippen LogP contribution in [0.15, 0.2) is 30.9 Å². The highest BCUT2D eigenvalue weighted by Gasteiger charge is 2.09. The third kappa shape index (κ3) is 2.28. The number of aryl methyl sites for hydroxylation is 2. The lowest BCUT2D eigenvalue weighted by atomic mass is 10.1. The van der Waals surface area contributed by atoms with Crippen LogP contribution >= 0.6 is 0 Å². The molecule has 0 amide bonds. The number of hydrogen-bond donors (Lipinski definition) is 1. The largest absolute Gasteiger partial charge is 0.338 e. The van der Waals surface area contributed by atoms with E-state index < -0.39 is 0 Å². The van der Waals surface area contributed by atoms with E-state index in [4.69, 9.17) is 0 Å². The van der Waals surface area contributed by atoms with E-state index in [0.29, 0.717) is 0 Å². The number of nitrogens with one attached hydrogen (secondary N) is 1. The van der Waals surface area contributed by atoms with Crippen LogP contribution in [0.2, 0.25) is 0 Å². The molecule has 2 heteroatoms. The van der Waals surface area contributed by atoms with Crippen molar-refractivity contribution in [3.05, 3.63) is 53.4 Å². The highest BCUT2D eigenvalue weighted by Crippen LogP contribution is 2.24. The Morgan fingerprint density at radius 2 is 2.06 bits per heavy atom. The lowest BCUT2D eigenvalue weighted by Crippen LogP contribution is -1.87. The predicted octanol–water partition coefficient (Wildman–Crippen LogP) is 4.37. The number of allylic oxidation sites excluding steroid dienone is 1. The molecule has 0 aliphatic rings. The topological polar surface area (TPSA) is 28.7 Å². The molecule has 18 heavy (non-hydrogen) atoms. The second-order valence-electron chi connectivity index (χ2n) is 4.41. The van der Waals surface area contributed by atoms with E-state index in [1.165, 1.54) is 11.1 Å². The molecule has 0 bridgehead atoms. The van der Waals surface area contributed by atoms with Crippen LogP contribution in [-0.4, -0.2) is 9.97 Å². The molecule has 0 saturated heterocycles. The zero-order chi connectivity index (χ0) is 13.1. The minimum Gasteiger partial charge on any atom is -0.338 e. The standard InChI is InChI=1S/C16H18N2/c1-5-7-15-14(6-2)17-16(18-15)13-10-11(3)8-9-12(13)4/h5-10H,2H2,1,3-4H3,(H,17,18)/b7-5-. The highest BCUT2D eigenvalue weighted by molar-refractivity contribution is 5.68. The summed E-state index contributed by atoms with van der Waals surface area (Å²) < 4.78 is 0. The maximum atomic E-state index is 4.59. The molecular weight excluding hydrogens is 220 g/mol. The molecule has 0 aliphatic heterocycles. The van der Waals surface area contributed by atoms with Crippen LogP contribution < -0.4 is 0 Å². The Bertz CT molecular complexity index is 604. The van der Waals surface area contributed by atoms with Crippen LogP contribution in [0.5, 0.6) is 0 Å². The van der Waals surface area contributed by atoms with Gasteiger partial charge in [-0.05, 0) is 44.6 Å². The molecule has 0 fully saturated rings. The smallest absolute Gasteiger partial charge is 0.138 e. The molecule has 92 valence electrons. The number of H-pyrrole nitrogens is 1. The number of rotatable bonds is 3. The highest BCUT2D eigenvalue weighted by atomic mass is 14.9. The molecule has 0 saturated carbocycles. The molecule has 2 aromatic rings. The van der Waals surface area contributed by atoms with Gasteiger partial charge in [-0.15, -0.1) is 0 Å². The van der Waals surface area contributed by atoms with E-state index in [2.05, 4.69) is 48.6 Å². The first-order chi connectivity index (χ1) is 8.65. The number of imidazole rings is 1. The van der Waals surface area contributed by atoms with Crippen LogP contribution in [0.4, 0.5) is 0 Å². The summed E-state index contributed by atoms with van der Waals surface area (Å²) in [4.78, 5) is 7.94. The Morgan fingerprint density at radius 1 is 1.28 bits per heavy atom. The molecule has 1 N–H and O–H groups in total. The Balaban J connectivity index is 2.57. The number of hydrogen-bond acceptors (Lipinski definition) is 1. The van der Waals surface area contributed by atoms with Gasteiger partial charge in [0, 0.05) is 5.56 Å². The van der Waals surface area contributed by atoms with Crippen LogP contribution in [0.1, 0.15) is 29.4 Å². The second-order valence-corrected chi connectivity index (χ2v) is 4.41. The maximum Gasteiger partial charge on any atom is 0.138 e. The molecule has 2 rings (SSSR count). The molecule has 0 spiro atoms. The van der Waals surface area contributed by atoms with Gasteiger partial charge in [-0.1, -0.05) is 30.4 Å². The zero-order valence-electron chi connectivity index (χ0n) is 11.1. The third-order valence-corrected chi connectivity index (χ3v) is 2.94. The summed E-state index contributed by atoms with van der Waals surface area (Å²) in [7, 11) is 0. The summed E-state index contributed by atoms with van der Waals surface area (Å²) >= 11 is 0. The molecular formula is C16H18N2. The van der Waals surface area contributed by atoms with Crippen molar-refractivity contribution in [1.29, 1.82) is 0 Å². The summed E-state index contributed by atoms with van der Waals surface area (Å²) in [5, 5.41) is 0. The fraction of sp³-hybridized carbons (Fsp3) is 0.188. The normalized spacial score (nSPS) is 11.1. The van der Waals surface area contributed by atoms with E-state index in [9.17, 15) is 0 Å². The summed E-state index contributed by atoms with van der Waals surface area (Å²) in [5.41, 5.74) is 5.50. The van der Waals surface area contributed by atoms with Crippen molar-refractivity contribution < 1.29 is 0 Å². The molecule has 1 aromatic heterocycles. The van der Waals surface area contributed by atoms with Crippen LogP contribution in [-0.2, 0) is 0 Å². The molecule has 0 unspecified atom stereocenters. The average Bonchev–Trinajstić information content (AvgIpc) is 2.76. The van der Waals surface area contributed by atoms with Crippen LogP contribution in [0, 0.1) is 13.8 Å². The predicted molar refractivity (Wildman–Crippen MR) is 78.3 cm³/mol. The lowest BCUT2D eigenvalue weighted by Gasteiger charge is -2.03. The lowest BCUT2D eigenvalue weighted by molar-refractivity contribution is 1.26. The monoisotopic (exact) mass is 238 g/mol. The summed E-state index contributed by atoms with van der Waals surface area (Å²) in [6, 6.07) is 6.39. The maximum absolute atomic E-state index is 4.59. The first-order valence-electron chi connectivity index (χ1n) is 6.08. The molecule has 1 aromatic carbocycles. The second kappa shape index (κ2) is 5.05. The van der Waals surface area contributed by atoms with Gasteiger partial charge >= 0.3 is 0 Å². The Morgan fingerprint density at radius 3 is 2.72 bits per heavy atom. The van der Waals surface area contributed by atoms with Gasteiger partial charge in [-0.3, -0.25) is 0 Å². The van der Waals surface area contributed by atoms with Gasteiger partial charge in [0.2, 0.25) is 0 Å². The van der Waals surface area contributed by atoms with Crippen molar-refractivity contribution in [3.8, 4) is 11.4 Å². The van der Waals surface area contributed by atoms with Gasteiger partial charge < -0.3 is 4.98 Å². The number of benzene rings is 1. The number of aromatic nitrogens is 2. The van der Waals surface area contributed by atoms with Gasteiger partial charge in [0.25, 0.3) is 0 Å². The minimum atomic E-state index is 0.893. The fourth-order valence-electron chi connectivity index (χ4n) is 1.97. The first kappa shape index (κ1) is 12.4. The Labute approximate surface area is 108 Å². The molecule has 1 heterocycles. The average molecular weight is 238 g/mol. The van der Waals surface area contributed by atoms with Crippen molar-refractivity contribution >= 4 is 12.2 Å². The molecule has 0 radical (unpaired) electrons. The molecule has 2 nitrogen and oxygen atoms in total. The molecule has 0 aliphatic carbocycles. The minimum absolute atomic E-state index is 0.893. The van der Waals surface area contributed by atoms with Gasteiger partial charge in [-0.2, -0.15) is 0 Å². The van der Waals surface area contributed by atoms with Gasteiger partial charge in [0.05, 0.1) is 11.4 Å². The van der Waals surface area contributed by atoms with Crippen molar-refractivity contribution in [1.82, 2.24) is 9.97 Å². The van der Waals surface area contributed by atoms with Crippen molar-refractivity contribution in [3.63, 3.8) is 0 Å². The first-order valence-corrected chi connectivity index (χ1v) is 6.08. The van der Waals surface area contributed by atoms with Crippen LogP contribution in [0.25, 0.3) is 23.5 Å². The summed E-state index contributed by atoms with van der Waals surface area (Å²) in [5.74, 6) is 0.902. The Hall–Kier alpha value is -2.09. The van der Waals surface area contributed by atoms with Crippen molar-refractivity contribution in [2.45, 2.75) is 20.8 Å². The summed E-state index contributed by atoms with van der Waals surface area (Å²) in [6.07, 6.45) is 5.78. The fourth-order valence-corrected chi connectivity index (χ4v) is 1.97. The van der Waals surface area contributed by atoms with E-state index >= 15 is 0 Å².